The molecule has 3 heterocycles. The molecule has 0 radical (unpaired) electrons. The van der Waals surface area contributed by atoms with Gasteiger partial charge in [-0.15, -0.1) is 0 Å². The van der Waals surface area contributed by atoms with E-state index in [0.717, 1.165) is 22.1 Å². The lowest BCUT2D eigenvalue weighted by molar-refractivity contribution is 1.18. The third kappa shape index (κ3) is 0.487. The first-order valence-electron chi connectivity index (χ1n) is 3.46. The molecule has 11 heavy (non-hydrogen) atoms. The highest BCUT2D eigenvalue weighted by molar-refractivity contribution is 5.97. The first-order valence-corrected chi connectivity index (χ1v) is 3.46. The number of hydrogen-bond donors (Lipinski definition) is 1. The average Bonchev–Trinajstić information content (AvgIpc) is 2.52. The minimum atomic E-state index is 0.933. The molecule has 1 N–H and O–H groups in total. The number of aromatic nitrogens is 1. The Labute approximate surface area is 62.5 Å². The second-order valence-electron chi connectivity index (χ2n) is 2.54. The molecule has 0 saturated heterocycles. The summed E-state index contributed by atoms with van der Waals surface area (Å²) in [6, 6.07) is 0. The van der Waals surface area contributed by atoms with E-state index in [0.29, 0.717) is 0 Å². The van der Waals surface area contributed by atoms with E-state index in [1.807, 2.05) is 12.2 Å². The Morgan fingerprint density at radius 1 is 1.36 bits per heavy atom. The molecule has 0 unspecified atom stereocenters. The number of aromatic amines is 1. The van der Waals surface area contributed by atoms with Gasteiger partial charge in [0, 0.05) is 18.0 Å². The van der Waals surface area contributed by atoms with Crippen molar-refractivity contribution in [2.45, 2.75) is 0 Å². The van der Waals surface area contributed by atoms with Crippen LogP contribution in [-0.4, -0.2) is 11.2 Å². The van der Waals surface area contributed by atoms with Crippen molar-refractivity contribution in [3.63, 3.8) is 0 Å². The van der Waals surface area contributed by atoms with Crippen LogP contribution >= 0.6 is 0 Å². The highest BCUT2D eigenvalue weighted by atomic mass is 14.9. The smallest absolute Gasteiger partial charge is 0.139 e. The maximum atomic E-state index is 4.21. The first-order chi connectivity index (χ1) is 5.45. The fourth-order valence-electron chi connectivity index (χ4n) is 1.40. The molecule has 2 aliphatic rings. The maximum absolute atomic E-state index is 4.21. The van der Waals surface area contributed by atoms with Crippen molar-refractivity contribution in [1.29, 1.82) is 0 Å². The molecule has 0 atom stereocenters. The number of rotatable bonds is 0. The van der Waals surface area contributed by atoms with Crippen molar-refractivity contribution in [1.82, 2.24) is 4.98 Å². The van der Waals surface area contributed by atoms with Crippen LogP contribution < -0.4 is 10.8 Å². The predicted molar refractivity (Wildman–Crippen MR) is 43.2 cm³/mol. The van der Waals surface area contributed by atoms with Gasteiger partial charge in [0.25, 0.3) is 0 Å². The number of hydrogen-bond acceptors (Lipinski definition) is 2. The zero-order valence-corrected chi connectivity index (χ0v) is 5.70. The zero-order chi connectivity index (χ0) is 7.26. The number of H-pyrrole nitrogens is 1. The highest BCUT2D eigenvalue weighted by Crippen LogP contribution is 2.15. The second-order valence-corrected chi connectivity index (χ2v) is 2.54. The summed E-state index contributed by atoms with van der Waals surface area (Å²) in [5, 5.41) is 1.07. The van der Waals surface area contributed by atoms with Gasteiger partial charge in [0.15, 0.2) is 0 Å². The van der Waals surface area contributed by atoms with E-state index in [2.05, 4.69) is 15.0 Å². The van der Waals surface area contributed by atoms with Crippen LogP contribution in [-0.2, 0) is 0 Å². The van der Waals surface area contributed by atoms with E-state index in [1.165, 1.54) is 0 Å². The summed E-state index contributed by atoms with van der Waals surface area (Å²) in [4.78, 5) is 11.5. The van der Waals surface area contributed by atoms with E-state index in [-0.39, 0.29) is 0 Å². The Hall–Kier alpha value is -1.64. The van der Waals surface area contributed by atoms with Crippen LogP contribution in [0.2, 0.25) is 0 Å². The number of nitrogens with zero attached hydrogens (tertiary/aromatic N) is 2. The summed E-state index contributed by atoms with van der Waals surface area (Å²) >= 11 is 0. The largest absolute Gasteiger partial charge is 0.338 e. The lowest BCUT2D eigenvalue weighted by atomic mass is 10.3. The summed E-state index contributed by atoms with van der Waals surface area (Å²) in [7, 11) is 0. The summed E-state index contributed by atoms with van der Waals surface area (Å²) < 4.78 is 0. The molecular formula is C8H5N3. The van der Waals surface area contributed by atoms with Gasteiger partial charge in [-0.25, -0.2) is 4.99 Å². The minimum absolute atomic E-state index is 0.933. The van der Waals surface area contributed by atoms with Gasteiger partial charge < -0.3 is 4.98 Å². The van der Waals surface area contributed by atoms with Crippen molar-refractivity contribution in [2.75, 3.05) is 0 Å². The first kappa shape index (κ1) is 5.07. The molecular weight excluding hydrogens is 138 g/mol. The van der Waals surface area contributed by atoms with Crippen molar-refractivity contribution in [2.24, 2.45) is 9.98 Å². The molecule has 3 heteroatoms. The standard InChI is InChI=1S/C8H5N3/c1-3-10-8-5(1)7-6(11-8)2-4-9-7/h1-4H,(H,10,11). The van der Waals surface area contributed by atoms with Crippen molar-refractivity contribution >= 4 is 24.1 Å². The Bertz CT molecular complexity index is 444. The fourth-order valence-corrected chi connectivity index (χ4v) is 1.40. The van der Waals surface area contributed by atoms with Crippen LogP contribution in [0.1, 0.15) is 5.56 Å². The Balaban J connectivity index is 2.60. The van der Waals surface area contributed by atoms with Crippen LogP contribution in [0.15, 0.2) is 16.2 Å². The molecule has 0 saturated carbocycles. The van der Waals surface area contributed by atoms with E-state index in [4.69, 9.17) is 0 Å². The third-order valence-corrected chi connectivity index (χ3v) is 1.91. The van der Waals surface area contributed by atoms with E-state index >= 15 is 0 Å². The molecule has 0 bridgehead atoms. The summed E-state index contributed by atoms with van der Waals surface area (Å²) in [5.41, 5.74) is 3.07. The van der Waals surface area contributed by atoms with Crippen LogP contribution in [0.5, 0.6) is 0 Å². The van der Waals surface area contributed by atoms with E-state index < -0.39 is 0 Å². The van der Waals surface area contributed by atoms with Gasteiger partial charge in [-0.1, -0.05) is 0 Å². The summed E-state index contributed by atoms with van der Waals surface area (Å²) in [6.45, 7) is 0. The van der Waals surface area contributed by atoms with Crippen molar-refractivity contribution in [3.05, 3.63) is 22.6 Å². The molecule has 3 nitrogen and oxygen atoms in total. The van der Waals surface area contributed by atoms with Gasteiger partial charge in [0.2, 0.25) is 0 Å². The van der Waals surface area contributed by atoms with Crippen LogP contribution in [0.4, 0.5) is 5.69 Å². The minimum Gasteiger partial charge on any atom is -0.338 e. The topological polar surface area (TPSA) is 40.5 Å². The van der Waals surface area contributed by atoms with Gasteiger partial charge >= 0.3 is 0 Å². The van der Waals surface area contributed by atoms with Gasteiger partial charge in [0.1, 0.15) is 5.49 Å². The number of aliphatic imine (C=N–C) groups is 1. The van der Waals surface area contributed by atoms with Gasteiger partial charge in [0.05, 0.1) is 11.0 Å². The molecule has 1 aromatic rings. The third-order valence-electron chi connectivity index (χ3n) is 1.91. The lowest BCUT2D eigenvalue weighted by Crippen LogP contribution is -2.08. The van der Waals surface area contributed by atoms with E-state index in [1.54, 1.807) is 12.4 Å². The Morgan fingerprint density at radius 2 is 2.36 bits per heavy atom. The highest BCUT2D eigenvalue weighted by Gasteiger charge is 2.10. The SMILES string of the molecule is C1=Cc2c3c([nH]c2=N1)=CC=N3. The van der Waals surface area contributed by atoms with Gasteiger partial charge in [-0.2, -0.15) is 0 Å². The molecule has 2 aliphatic heterocycles. The normalized spacial score (nSPS) is 16.0. The van der Waals surface area contributed by atoms with E-state index in [9.17, 15) is 0 Å². The predicted octanol–water partition coefficient (Wildman–Crippen LogP) is 0.115. The molecule has 0 aromatic carbocycles. The van der Waals surface area contributed by atoms with Crippen LogP contribution in [0.3, 0.4) is 0 Å². The molecule has 0 fully saturated rings. The van der Waals surface area contributed by atoms with Crippen LogP contribution in [0.25, 0.3) is 12.2 Å². The fraction of sp³-hybridized carbons (Fsp3) is 0. The Morgan fingerprint density at radius 3 is 3.36 bits per heavy atom. The zero-order valence-electron chi connectivity index (χ0n) is 5.70. The average molecular weight is 143 g/mol. The monoisotopic (exact) mass is 143 g/mol. The Kier molecular flexibility index (Phi) is 0.692. The van der Waals surface area contributed by atoms with Crippen molar-refractivity contribution < 1.29 is 0 Å². The van der Waals surface area contributed by atoms with Crippen molar-refractivity contribution in [3.8, 4) is 0 Å². The number of fused-ring (bicyclic) bond motifs is 3. The molecule has 3 rings (SSSR count). The van der Waals surface area contributed by atoms with Gasteiger partial charge in [-0.05, 0) is 12.2 Å². The lowest BCUT2D eigenvalue weighted by Gasteiger charge is -1.81. The maximum Gasteiger partial charge on any atom is 0.139 e. The van der Waals surface area contributed by atoms with Gasteiger partial charge in [-0.3, -0.25) is 4.99 Å². The molecule has 0 aliphatic carbocycles. The number of nitrogens with one attached hydrogen (secondary N) is 1. The molecule has 0 spiro atoms. The second kappa shape index (κ2) is 1.50. The quantitative estimate of drug-likeness (QED) is 0.535. The summed E-state index contributed by atoms with van der Waals surface area (Å²) in [6.07, 6.45) is 7.51. The summed E-state index contributed by atoms with van der Waals surface area (Å²) in [5.74, 6) is 0. The molecule has 0 amide bonds. The van der Waals surface area contributed by atoms with Crippen LogP contribution in [0, 0.1) is 0 Å². The molecule has 1 aromatic heterocycles. The molecule has 52 valence electrons.